The fourth-order valence-electron chi connectivity index (χ4n) is 0.700. The van der Waals surface area contributed by atoms with E-state index in [1.807, 2.05) is 44.3 Å². The van der Waals surface area contributed by atoms with E-state index >= 15 is 0 Å². The third-order valence-electron chi connectivity index (χ3n) is 1.35. The molecule has 0 rings (SSSR count). The third kappa shape index (κ3) is 7.31. The van der Waals surface area contributed by atoms with E-state index in [1.54, 1.807) is 6.08 Å². The maximum atomic E-state index is 4.50. The Bertz CT molecular complexity index is 171. The number of nitrogens with zero attached hydrogens (tertiary/aromatic N) is 1. The second-order valence-electron chi connectivity index (χ2n) is 2.11. The van der Waals surface area contributed by atoms with E-state index in [4.69, 9.17) is 0 Å². The second-order valence-corrected chi connectivity index (χ2v) is 2.11. The Morgan fingerprint density at radius 1 is 1.46 bits per heavy atom. The lowest BCUT2D eigenvalue weighted by Gasteiger charge is -2.17. The first-order valence-electron chi connectivity index (χ1n) is 4.20. The summed E-state index contributed by atoms with van der Waals surface area (Å²) in [6.07, 6.45) is 7.71. The van der Waals surface area contributed by atoms with Gasteiger partial charge < -0.3 is 10.7 Å². The molecule has 0 saturated carbocycles. The number of hydrogen-bond donors (Lipinski definition) is 2. The summed E-state index contributed by atoms with van der Waals surface area (Å²) in [6.45, 7) is 5.62. The first-order valence-corrected chi connectivity index (χ1v) is 4.20. The van der Waals surface area contributed by atoms with Crippen molar-refractivity contribution in [2.75, 3.05) is 21.1 Å². The van der Waals surface area contributed by atoms with Crippen molar-refractivity contribution >= 4 is 0 Å². The van der Waals surface area contributed by atoms with Crippen molar-refractivity contribution in [3.05, 3.63) is 36.6 Å². The molecule has 0 unspecified atom stereocenters. The molecule has 3 heteroatoms. The van der Waals surface area contributed by atoms with Gasteiger partial charge in [-0.25, -0.2) is 5.43 Å². The summed E-state index contributed by atoms with van der Waals surface area (Å²) < 4.78 is 0. The van der Waals surface area contributed by atoms with Crippen LogP contribution < -0.4 is 11.2 Å². The van der Waals surface area contributed by atoms with E-state index < -0.39 is 0 Å². The molecular weight excluding hydrogens is 162 g/mol. The van der Waals surface area contributed by atoms with Crippen molar-refractivity contribution in [2.45, 2.75) is 6.92 Å². The van der Waals surface area contributed by atoms with Crippen molar-refractivity contribution < 1.29 is 0 Å². The van der Waals surface area contributed by atoms with E-state index in [9.17, 15) is 0 Å². The lowest BCUT2D eigenvalue weighted by atomic mass is 10.3. The Hall–Kier alpha value is -1.06. The normalized spacial score (nSPS) is 10.7. The SMILES string of the molecule is C=C/C=C(\C=C/C)N(C)NC.CN. The van der Waals surface area contributed by atoms with Crippen LogP contribution in [0.2, 0.25) is 0 Å². The largest absolute Gasteiger partial charge is 0.333 e. The molecule has 3 N–H and O–H groups in total. The summed E-state index contributed by atoms with van der Waals surface area (Å²) in [5, 5.41) is 1.92. The molecule has 13 heavy (non-hydrogen) atoms. The molecule has 0 aliphatic carbocycles. The molecule has 0 spiro atoms. The highest BCUT2D eigenvalue weighted by molar-refractivity contribution is 5.20. The minimum absolute atomic E-state index is 1.09. The Morgan fingerprint density at radius 3 is 2.31 bits per heavy atom. The maximum Gasteiger partial charge on any atom is 0.0512 e. The van der Waals surface area contributed by atoms with E-state index in [0.717, 1.165) is 5.70 Å². The first kappa shape index (κ1) is 14.5. The van der Waals surface area contributed by atoms with Crippen LogP contribution in [0.1, 0.15) is 6.92 Å². The Labute approximate surface area is 81.6 Å². The highest BCUT2D eigenvalue weighted by Gasteiger charge is 1.93. The van der Waals surface area contributed by atoms with Gasteiger partial charge in [-0.2, -0.15) is 0 Å². The average Bonchev–Trinajstić information content (AvgIpc) is 2.19. The fraction of sp³-hybridized carbons (Fsp3) is 0.400. The predicted octanol–water partition coefficient (Wildman–Crippen LogP) is 1.27. The van der Waals surface area contributed by atoms with Gasteiger partial charge in [-0.15, -0.1) is 0 Å². The summed E-state index contributed by atoms with van der Waals surface area (Å²) >= 11 is 0. The standard InChI is InChI=1S/C9H16N2.CH5N/c1-5-7-9(8-6-2)11(4)10-3;1-2/h5-8,10H,1H2,2-4H3;2H2,1H3/b8-6-,9-7+;. The van der Waals surface area contributed by atoms with Gasteiger partial charge in [-0.3, -0.25) is 0 Å². The monoisotopic (exact) mass is 183 g/mol. The van der Waals surface area contributed by atoms with Crippen molar-refractivity contribution in [3.63, 3.8) is 0 Å². The van der Waals surface area contributed by atoms with Crippen molar-refractivity contribution in [2.24, 2.45) is 5.73 Å². The molecular formula is C10H21N3. The predicted molar refractivity (Wildman–Crippen MR) is 60.0 cm³/mol. The number of likely N-dealkylation sites (N-methyl/N-ethyl adjacent to an activating group) is 1. The van der Waals surface area contributed by atoms with Crippen molar-refractivity contribution in [3.8, 4) is 0 Å². The maximum absolute atomic E-state index is 4.50. The Morgan fingerprint density at radius 2 is 2.00 bits per heavy atom. The van der Waals surface area contributed by atoms with Crippen LogP contribution in [0.15, 0.2) is 36.6 Å². The molecule has 0 fully saturated rings. The van der Waals surface area contributed by atoms with Gasteiger partial charge in [0.2, 0.25) is 0 Å². The van der Waals surface area contributed by atoms with Crippen LogP contribution in [-0.2, 0) is 0 Å². The number of nitrogens with two attached hydrogens (primary N) is 1. The van der Waals surface area contributed by atoms with Gasteiger partial charge in [-0.05, 0) is 26.1 Å². The van der Waals surface area contributed by atoms with Crippen LogP contribution in [0.3, 0.4) is 0 Å². The number of hydrogen-bond acceptors (Lipinski definition) is 3. The lowest BCUT2D eigenvalue weighted by Crippen LogP contribution is -2.29. The van der Waals surface area contributed by atoms with Crippen LogP contribution in [0.5, 0.6) is 0 Å². The van der Waals surface area contributed by atoms with E-state index in [1.165, 1.54) is 7.05 Å². The van der Waals surface area contributed by atoms with Gasteiger partial charge >= 0.3 is 0 Å². The van der Waals surface area contributed by atoms with E-state index in [-0.39, 0.29) is 0 Å². The zero-order valence-electron chi connectivity index (χ0n) is 9.04. The molecule has 0 amide bonds. The molecule has 0 aliphatic heterocycles. The molecule has 76 valence electrons. The van der Waals surface area contributed by atoms with Crippen molar-refractivity contribution in [1.82, 2.24) is 10.4 Å². The molecule has 0 atom stereocenters. The number of allylic oxidation sites excluding steroid dienone is 4. The third-order valence-corrected chi connectivity index (χ3v) is 1.35. The minimum Gasteiger partial charge on any atom is -0.333 e. The zero-order valence-corrected chi connectivity index (χ0v) is 9.04. The molecule has 0 aliphatic rings. The molecule has 0 aromatic rings. The van der Waals surface area contributed by atoms with Crippen LogP contribution in [0.25, 0.3) is 0 Å². The number of rotatable bonds is 4. The summed E-state index contributed by atoms with van der Waals surface area (Å²) in [7, 11) is 5.33. The summed E-state index contributed by atoms with van der Waals surface area (Å²) in [6, 6.07) is 0. The summed E-state index contributed by atoms with van der Waals surface area (Å²) in [5.74, 6) is 0. The summed E-state index contributed by atoms with van der Waals surface area (Å²) in [5.41, 5.74) is 8.59. The van der Waals surface area contributed by atoms with E-state index in [0.29, 0.717) is 0 Å². The van der Waals surface area contributed by atoms with Gasteiger partial charge in [0.1, 0.15) is 0 Å². The molecule has 0 aromatic heterocycles. The first-order chi connectivity index (χ1) is 6.26. The zero-order chi connectivity index (χ0) is 10.7. The molecule has 0 heterocycles. The van der Waals surface area contributed by atoms with E-state index in [2.05, 4.69) is 17.7 Å². The molecule has 0 saturated heterocycles. The smallest absolute Gasteiger partial charge is 0.0512 e. The fourth-order valence-corrected chi connectivity index (χ4v) is 0.700. The molecule has 3 nitrogen and oxygen atoms in total. The van der Waals surface area contributed by atoms with Gasteiger partial charge in [0.05, 0.1) is 5.70 Å². The molecule has 0 bridgehead atoms. The van der Waals surface area contributed by atoms with Gasteiger partial charge in [0, 0.05) is 14.1 Å². The molecule has 0 radical (unpaired) electrons. The Balaban J connectivity index is 0. The topological polar surface area (TPSA) is 41.3 Å². The second kappa shape index (κ2) is 10.9. The van der Waals surface area contributed by atoms with Gasteiger partial charge in [-0.1, -0.05) is 18.7 Å². The highest BCUT2D eigenvalue weighted by Crippen LogP contribution is 1.99. The van der Waals surface area contributed by atoms with Crippen molar-refractivity contribution in [1.29, 1.82) is 0 Å². The number of hydrazine groups is 1. The average molecular weight is 183 g/mol. The minimum atomic E-state index is 1.09. The highest BCUT2D eigenvalue weighted by atomic mass is 15.5. The lowest BCUT2D eigenvalue weighted by molar-refractivity contribution is 0.343. The van der Waals surface area contributed by atoms with Gasteiger partial charge in [0.15, 0.2) is 0 Å². The quantitative estimate of drug-likeness (QED) is 0.509. The van der Waals surface area contributed by atoms with Crippen LogP contribution >= 0.6 is 0 Å². The Kier molecular flexibility index (Phi) is 12.2. The van der Waals surface area contributed by atoms with Crippen LogP contribution in [0, 0.1) is 0 Å². The molecule has 0 aromatic carbocycles. The van der Waals surface area contributed by atoms with Crippen LogP contribution in [0.4, 0.5) is 0 Å². The van der Waals surface area contributed by atoms with Crippen LogP contribution in [-0.4, -0.2) is 26.2 Å². The summed E-state index contributed by atoms with van der Waals surface area (Å²) in [4.78, 5) is 0. The van der Waals surface area contributed by atoms with Gasteiger partial charge in [0.25, 0.3) is 0 Å². The number of nitrogens with one attached hydrogen (secondary N) is 1.